The van der Waals surface area contributed by atoms with Crippen LogP contribution in [0.3, 0.4) is 0 Å². The summed E-state index contributed by atoms with van der Waals surface area (Å²) in [7, 11) is 0. The van der Waals surface area contributed by atoms with Crippen LogP contribution in [-0.4, -0.2) is 22.8 Å². The Labute approximate surface area is 151 Å². The van der Waals surface area contributed by atoms with Crippen molar-refractivity contribution in [3.05, 3.63) is 0 Å². The number of aliphatic hydroxyl groups is 1. The Morgan fingerprint density at radius 1 is 1.08 bits per heavy atom. The van der Waals surface area contributed by atoms with Gasteiger partial charge in [0.05, 0.1) is 0 Å². The van der Waals surface area contributed by atoms with E-state index in [1.165, 1.54) is 32.6 Å². The lowest BCUT2D eigenvalue weighted by atomic mass is 9.49. The van der Waals surface area contributed by atoms with E-state index in [1.54, 1.807) is 0 Å². The first-order chi connectivity index (χ1) is 11.9. The molecule has 0 spiro atoms. The summed E-state index contributed by atoms with van der Waals surface area (Å²) in [5.74, 6) is 6.23. The van der Waals surface area contributed by atoms with Crippen LogP contribution in [-0.2, 0) is 9.53 Å². The fraction of sp³-hybridized carbons (Fsp3) is 0.864. The van der Waals surface area contributed by atoms with Crippen molar-refractivity contribution >= 4 is 5.97 Å². The van der Waals surface area contributed by atoms with Gasteiger partial charge in [-0.25, -0.2) is 0 Å². The highest BCUT2D eigenvalue weighted by molar-refractivity contribution is 5.66. The lowest BCUT2D eigenvalue weighted by Gasteiger charge is -2.56. The highest BCUT2D eigenvalue weighted by atomic mass is 16.5. The third-order valence-electron chi connectivity index (χ3n) is 8.63. The van der Waals surface area contributed by atoms with Crippen LogP contribution in [0.2, 0.25) is 0 Å². The van der Waals surface area contributed by atoms with E-state index in [1.807, 2.05) is 0 Å². The molecule has 0 unspecified atom stereocenters. The van der Waals surface area contributed by atoms with Crippen molar-refractivity contribution in [2.45, 2.75) is 83.3 Å². The second-order valence-corrected chi connectivity index (χ2v) is 9.48. The van der Waals surface area contributed by atoms with Crippen molar-refractivity contribution in [2.24, 2.45) is 35.0 Å². The molecule has 3 heteroatoms. The molecule has 4 saturated carbocycles. The molecule has 0 aliphatic heterocycles. The minimum atomic E-state index is -0.896. The number of terminal acetylenes is 1. The highest BCUT2D eigenvalue weighted by Gasteiger charge is 2.62. The molecular formula is C22H32O3. The molecule has 0 radical (unpaired) electrons. The summed E-state index contributed by atoms with van der Waals surface area (Å²) in [5, 5.41) is 11.0. The molecule has 0 saturated heterocycles. The molecule has 4 aliphatic rings. The number of hydrogen-bond acceptors (Lipinski definition) is 3. The zero-order valence-corrected chi connectivity index (χ0v) is 15.7. The maximum Gasteiger partial charge on any atom is 0.302 e. The predicted octanol–water partition coefficient (Wildman–Crippen LogP) is 3.94. The quantitative estimate of drug-likeness (QED) is 0.579. The van der Waals surface area contributed by atoms with Gasteiger partial charge in [-0.3, -0.25) is 4.79 Å². The molecule has 4 fully saturated rings. The average molecular weight is 344 g/mol. The molecule has 4 aliphatic carbocycles. The summed E-state index contributed by atoms with van der Waals surface area (Å²) in [4.78, 5) is 11.3. The summed E-state index contributed by atoms with van der Waals surface area (Å²) in [6.07, 6.45) is 15.8. The molecule has 0 aromatic heterocycles. The van der Waals surface area contributed by atoms with Gasteiger partial charge in [-0.1, -0.05) is 12.8 Å². The molecule has 1 N–H and O–H groups in total. The number of esters is 1. The molecule has 0 aromatic rings. The van der Waals surface area contributed by atoms with E-state index in [0.29, 0.717) is 5.92 Å². The van der Waals surface area contributed by atoms with Crippen LogP contribution in [0.5, 0.6) is 0 Å². The second kappa shape index (κ2) is 6.02. The molecule has 8 atom stereocenters. The smallest absolute Gasteiger partial charge is 0.302 e. The first-order valence-corrected chi connectivity index (χ1v) is 10.3. The lowest BCUT2D eigenvalue weighted by molar-refractivity contribution is -0.153. The molecule has 0 bridgehead atoms. The largest absolute Gasteiger partial charge is 0.463 e. The van der Waals surface area contributed by atoms with E-state index in [4.69, 9.17) is 11.2 Å². The zero-order chi connectivity index (χ0) is 17.8. The van der Waals surface area contributed by atoms with Gasteiger partial charge in [0, 0.05) is 12.3 Å². The minimum Gasteiger partial charge on any atom is -0.463 e. The van der Waals surface area contributed by atoms with E-state index >= 15 is 0 Å². The predicted molar refractivity (Wildman–Crippen MR) is 96.4 cm³/mol. The van der Waals surface area contributed by atoms with Gasteiger partial charge >= 0.3 is 5.97 Å². The monoisotopic (exact) mass is 344 g/mol. The van der Waals surface area contributed by atoms with Crippen molar-refractivity contribution in [3.8, 4) is 12.3 Å². The first kappa shape index (κ1) is 17.4. The number of carbonyl (C=O) groups excluding carboxylic acids is 1. The zero-order valence-electron chi connectivity index (χ0n) is 15.7. The maximum absolute atomic E-state index is 11.3. The molecule has 3 nitrogen and oxygen atoms in total. The number of fused-ring (bicyclic) bond motifs is 5. The number of carbonyl (C=O) groups is 1. The summed E-state index contributed by atoms with van der Waals surface area (Å²) >= 11 is 0. The minimum absolute atomic E-state index is 0.0926. The molecule has 0 amide bonds. The van der Waals surface area contributed by atoms with Crippen molar-refractivity contribution in [3.63, 3.8) is 0 Å². The van der Waals surface area contributed by atoms with Gasteiger partial charge in [0.2, 0.25) is 0 Å². The molecule has 25 heavy (non-hydrogen) atoms. The third kappa shape index (κ3) is 2.55. The number of hydrogen-bond donors (Lipinski definition) is 1. The second-order valence-electron chi connectivity index (χ2n) is 9.48. The van der Waals surface area contributed by atoms with Gasteiger partial charge in [-0.05, 0) is 87.4 Å². The normalized spacial score (nSPS) is 51.6. The van der Waals surface area contributed by atoms with E-state index in [2.05, 4.69) is 12.8 Å². The Hall–Kier alpha value is -1.01. The fourth-order valence-electron chi connectivity index (χ4n) is 7.41. The molecule has 0 heterocycles. The van der Waals surface area contributed by atoms with Gasteiger partial charge in [0.1, 0.15) is 11.7 Å². The van der Waals surface area contributed by atoms with E-state index in [9.17, 15) is 9.90 Å². The molecular weight excluding hydrogens is 312 g/mol. The van der Waals surface area contributed by atoms with Gasteiger partial charge in [0.15, 0.2) is 0 Å². The summed E-state index contributed by atoms with van der Waals surface area (Å²) in [6, 6.07) is 0. The Kier molecular flexibility index (Phi) is 4.19. The average Bonchev–Trinajstić information content (AvgIpc) is 2.86. The molecule has 4 rings (SSSR count). The highest BCUT2D eigenvalue weighted by Crippen LogP contribution is 2.65. The van der Waals surface area contributed by atoms with Crippen LogP contribution in [0.1, 0.15) is 71.6 Å². The van der Waals surface area contributed by atoms with Crippen molar-refractivity contribution in [1.29, 1.82) is 0 Å². The van der Waals surface area contributed by atoms with E-state index < -0.39 is 5.60 Å². The van der Waals surface area contributed by atoms with Gasteiger partial charge in [-0.2, -0.15) is 0 Å². The summed E-state index contributed by atoms with van der Waals surface area (Å²) < 4.78 is 5.51. The standard InChI is InChI=1S/C22H32O3/c1-4-22(24)12-10-20-19-7-5-15-13-16(25-14(2)23)6-8-17(15)18(19)9-11-21(20,22)3/h1,15-20,24H,5-13H2,2-3H3/t15-,16+,17+,18-,19-,20+,21+,22+/m1/s1. The fourth-order valence-corrected chi connectivity index (χ4v) is 7.41. The van der Waals surface area contributed by atoms with Gasteiger partial charge in [-0.15, -0.1) is 6.42 Å². The number of ether oxygens (including phenoxy) is 1. The van der Waals surface area contributed by atoms with Crippen molar-refractivity contribution in [1.82, 2.24) is 0 Å². The van der Waals surface area contributed by atoms with Gasteiger partial charge < -0.3 is 9.84 Å². The van der Waals surface area contributed by atoms with Crippen LogP contribution >= 0.6 is 0 Å². The third-order valence-corrected chi connectivity index (χ3v) is 8.63. The Bertz CT molecular complexity index is 593. The Morgan fingerprint density at radius 3 is 2.56 bits per heavy atom. The van der Waals surface area contributed by atoms with Crippen LogP contribution in [0, 0.1) is 47.3 Å². The van der Waals surface area contributed by atoms with Crippen molar-refractivity contribution in [2.75, 3.05) is 0 Å². The molecule has 138 valence electrons. The van der Waals surface area contributed by atoms with E-state index in [-0.39, 0.29) is 17.5 Å². The Morgan fingerprint density at radius 2 is 1.84 bits per heavy atom. The first-order valence-electron chi connectivity index (χ1n) is 10.3. The van der Waals surface area contributed by atoms with Crippen LogP contribution in [0.4, 0.5) is 0 Å². The van der Waals surface area contributed by atoms with Crippen LogP contribution in [0.25, 0.3) is 0 Å². The summed E-state index contributed by atoms with van der Waals surface area (Å²) in [5.41, 5.74) is -0.989. The maximum atomic E-state index is 11.3. The van der Waals surface area contributed by atoms with Crippen LogP contribution < -0.4 is 0 Å². The number of rotatable bonds is 1. The summed E-state index contributed by atoms with van der Waals surface area (Å²) in [6.45, 7) is 3.78. The molecule has 0 aromatic carbocycles. The van der Waals surface area contributed by atoms with E-state index in [0.717, 1.165) is 55.8 Å². The Balaban J connectivity index is 1.50. The topological polar surface area (TPSA) is 46.5 Å². The van der Waals surface area contributed by atoms with Crippen molar-refractivity contribution < 1.29 is 14.6 Å². The van der Waals surface area contributed by atoms with Crippen LogP contribution in [0.15, 0.2) is 0 Å². The van der Waals surface area contributed by atoms with Gasteiger partial charge in [0.25, 0.3) is 0 Å². The SMILES string of the molecule is C#C[C@]1(O)CC[C@H]2[C@@H]3CC[C@@H]4C[C@@H](OC(C)=O)CC[C@@H]4[C@H]3CC[C@@]21C. The lowest BCUT2D eigenvalue weighted by Crippen LogP contribution is -2.53.